The molecule has 3 rings (SSSR count). The van der Waals surface area contributed by atoms with E-state index >= 15 is 0 Å². The Labute approximate surface area is 175 Å². The molecule has 0 fully saturated rings. The molecule has 0 radical (unpaired) electrons. The maximum absolute atomic E-state index is 12.2. The fraction of sp³-hybridized carbons (Fsp3) is 0.0952. The van der Waals surface area contributed by atoms with E-state index < -0.39 is 0 Å². The van der Waals surface area contributed by atoms with Crippen LogP contribution in [0, 0.1) is 0 Å². The molecule has 0 saturated heterocycles. The molecule has 27 heavy (non-hydrogen) atoms. The fourth-order valence-electron chi connectivity index (χ4n) is 2.40. The van der Waals surface area contributed by atoms with Crippen molar-refractivity contribution < 1.29 is 14.3 Å². The number of benzene rings is 2. The summed E-state index contributed by atoms with van der Waals surface area (Å²) in [6, 6.07) is 14.7. The number of ether oxygens (including phenoxy) is 2. The number of hydrogen-bond acceptors (Lipinski definition) is 4. The average molecular weight is 464 g/mol. The summed E-state index contributed by atoms with van der Waals surface area (Å²) in [7, 11) is 1.62. The molecule has 0 atom stereocenters. The first-order valence-electron chi connectivity index (χ1n) is 8.07. The van der Waals surface area contributed by atoms with Crippen molar-refractivity contribution in [3.8, 4) is 11.5 Å². The highest BCUT2D eigenvalue weighted by Gasteiger charge is 2.07. The lowest BCUT2D eigenvalue weighted by atomic mass is 10.1. The van der Waals surface area contributed by atoms with Crippen LogP contribution in [0.5, 0.6) is 11.5 Å². The predicted octanol–water partition coefficient (Wildman–Crippen LogP) is 6.65. The van der Waals surface area contributed by atoms with Gasteiger partial charge in [0.05, 0.1) is 12.0 Å². The molecular formula is C21H16BrClO3S. The third-order valence-electron chi connectivity index (χ3n) is 3.75. The number of carbonyl (C=O) groups is 1. The molecule has 0 amide bonds. The second-order valence-corrected chi connectivity index (χ2v) is 7.90. The van der Waals surface area contributed by atoms with Crippen molar-refractivity contribution in [2.75, 3.05) is 7.11 Å². The van der Waals surface area contributed by atoms with E-state index in [2.05, 4.69) is 15.9 Å². The molecular weight excluding hydrogens is 448 g/mol. The molecule has 3 nitrogen and oxygen atoms in total. The minimum Gasteiger partial charge on any atom is -0.496 e. The molecule has 2 aromatic carbocycles. The lowest BCUT2D eigenvalue weighted by Gasteiger charge is -2.11. The van der Waals surface area contributed by atoms with E-state index in [0.29, 0.717) is 16.5 Å². The van der Waals surface area contributed by atoms with E-state index in [-0.39, 0.29) is 5.78 Å². The molecule has 138 valence electrons. The molecule has 0 saturated carbocycles. The Bertz CT molecular complexity index is 964. The largest absolute Gasteiger partial charge is 0.496 e. The topological polar surface area (TPSA) is 35.5 Å². The van der Waals surface area contributed by atoms with Crippen LogP contribution in [0.25, 0.3) is 6.08 Å². The Hall–Kier alpha value is -2.08. The highest BCUT2D eigenvalue weighted by atomic mass is 79.9. The molecule has 6 heteroatoms. The Balaban J connectivity index is 1.73. The standard InChI is InChI=1S/C21H16BrClO3S/c1-25-20-9-3-14(2-8-19(24)21-11-16(22)13-27-21)10-15(20)12-26-18-6-4-17(23)5-7-18/h2-11,13H,12H2,1H3/b8-2+. The highest BCUT2D eigenvalue weighted by molar-refractivity contribution is 9.10. The number of ketones is 1. The van der Waals surface area contributed by atoms with E-state index in [9.17, 15) is 4.79 Å². The average Bonchev–Trinajstić information content (AvgIpc) is 3.12. The second-order valence-electron chi connectivity index (χ2n) is 5.64. The SMILES string of the molecule is COc1ccc(/C=C/C(=O)c2cc(Br)cs2)cc1COc1ccc(Cl)cc1. The van der Waals surface area contributed by atoms with E-state index in [1.54, 1.807) is 31.4 Å². The predicted molar refractivity (Wildman–Crippen MR) is 114 cm³/mol. The minimum absolute atomic E-state index is 0.0273. The summed E-state index contributed by atoms with van der Waals surface area (Å²) >= 11 is 10.7. The molecule has 0 N–H and O–H groups in total. The molecule has 3 aromatic rings. The summed E-state index contributed by atoms with van der Waals surface area (Å²) in [5.74, 6) is 1.43. The summed E-state index contributed by atoms with van der Waals surface area (Å²) < 4.78 is 12.1. The van der Waals surface area contributed by atoms with E-state index in [0.717, 1.165) is 27.1 Å². The van der Waals surface area contributed by atoms with Gasteiger partial charge in [-0.15, -0.1) is 11.3 Å². The van der Waals surface area contributed by atoms with E-state index in [1.165, 1.54) is 11.3 Å². The third kappa shape index (κ3) is 5.45. The van der Waals surface area contributed by atoms with Crippen LogP contribution < -0.4 is 9.47 Å². The summed E-state index contributed by atoms with van der Waals surface area (Å²) in [6.45, 7) is 0.346. The number of hydrogen-bond donors (Lipinski definition) is 0. The zero-order valence-electron chi connectivity index (χ0n) is 14.4. The Kier molecular flexibility index (Phi) is 6.72. The van der Waals surface area contributed by atoms with Crippen molar-refractivity contribution in [2.45, 2.75) is 6.61 Å². The van der Waals surface area contributed by atoms with Crippen molar-refractivity contribution in [1.29, 1.82) is 0 Å². The van der Waals surface area contributed by atoms with Gasteiger partial charge in [-0.2, -0.15) is 0 Å². The molecule has 0 aliphatic heterocycles. The number of methoxy groups -OCH3 is 1. The molecule has 0 aliphatic rings. The minimum atomic E-state index is -0.0273. The van der Waals surface area contributed by atoms with Gasteiger partial charge in [-0.25, -0.2) is 0 Å². The van der Waals surface area contributed by atoms with Crippen molar-refractivity contribution in [3.63, 3.8) is 0 Å². The van der Waals surface area contributed by atoms with Gasteiger partial charge in [0.15, 0.2) is 5.78 Å². The molecule has 1 aromatic heterocycles. The van der Waals surface area contributed by atoms with Gasteiger partial charge in [0.25, 0.3) is 0 Å². The van der Waals surface area contributed by atoms with E-state index in [1.807, 2.05) is 41.8 Å². The number of allylic oxidation sites excluding steroid dienone is 1. The number of carbonyl (C=O) groups excluding carboxylic acids is 1. The first kappa shape index (κ1) is 19.7. The monoisotopic (exact) mass is 462 g/mol. The van der Waals surface area contributed by atoms with Crippen LogP contribution in [0.4, 0.5) is 0 Å². The van der Waals surface area contributed by atoms with Crippen molar-refractivity contribution >= 4 is 50.7 Å². The number of rotatable bonds is 7. The molecule has 1 heterocycles. The van der Waals surface area contributed by atoms with Crippen LogP contribution in [0.1, 0.15) is 20.8 Å². The van der Waals surface area contributed by atoms with Crippen molar-refractivity contribution in [3.05, 3.63) is 85.5 Å². The van der Waals surface area contributed by atoms with Gasteiger partial charge in [0.1, 0.15) is 18.1 Å². The van der Waals surface area contributed by atoms with Gasteiger partial charge in [0.2, 0.25) is 0 Å². The molecule has 0 unspecified atom stereocenters. The summed E-state index contributed by atoms with van der Waals surface area (Å²) in [6.07, 6.45) is 3.37. The Morgan fingerprint density at radius 2 is 1.96 bits per heavy atom. The zero-order valence-corrected chi connectivity index (χ0v) is 17.6. The summed E-state index contributed by atoms with van der Waals surface area (Å²) in [5, 5.41) is 2.55. The Morgan fingerprint density at radius 1 is 1.19 bits per heavy atom. The third-order valence-corrected chi connectivity index (χ3v) is 5.71. The molecule has 0 spiro atoms. The van der Waals surface area contributed by atoms with Gasteiger partial charge in [-0.1, -0.05) is 23.7 Å². The first-order valence-corrected chi connectivity index (χ1v) is 10.1. The highest BCUT2D eigenvalue weighted by Crippen LogP contribution is 2.24. The maximum Gasteiger partial charge on any atom is 0.195 e. The maximum atomic E-state index is 12.2. The zero-order chi connectivity index (χ0) is 19.2. The van der Waals surface area contributed by atoms with Crippen LogP contribution >= 0.6 is 38.9 Å². The number of thiophene rings is 1. The first-order chi connectivity index (χ1) is 13.0. The van der Waals surface area contributed by atoms with Crippen LogP contribution in [-0.2, 0) is 6.61 Å². The quantitative estimate of drug-likeness (QED) is 0.291. The van der Waals surface area contributed by atoms with Gasteiger partial charge in [0, 0.05) is 20.4 Å². The van der Waals surface area contributed by atoms with Crippen molar-refractivity contribution in [1.82, 2.24) is 0 Å². The van der Waals surface area contributed by atoms with Gasteiger partial charge in [-0.05, 0) is 70.0 Å². The lowest BCUT2D eigenvalue weighted by molar-refractivity contribution is 0.105. The van der Waals surface area contributed by atoms with E-state index in [4.69, 9.17) is 21.1 Å². The van der Waals surface area contributed by atoms with Gasteiger partial charge < -0.3 is 9.47 Å². The normalized spacial score (nSPS) is 10.9. The summed E-state index contributed by atoms with van der Waals surface area (Å²) in [5.41, 5.74) is 1.79. The molecule has 0 bridgehead atoms. The summed E-state index contributed by atoms with van der Waals surface area (Å²) in [4.78, 5) is 12.9. The fourth-order valence-corrected chi connectivity index (χ4v) is 3.88. The molecule has 0 aliphatic carbocycles. The van der Waals surface area contributed by atoms with Crippen LogP contribution in [0.15, 0.2) is 64.5 Å². The van der Waals surface area contributed by atoms with Crippen LogP contribution in [0.3, 0.4) is 0 Å². The Morgan fingerprint density at radius 3 is 2.63 bits per heavy atom. The van der Waals surface area contributed by atoms with Crippen LogP contribution in [-0.4, -0.2) is 12.9 Å². The van der Waals surface area contributed by atoms with Crippen molar-refractivity contribution in [2.24, 2.45) is 0 Å². The van der Waals surface area contributed by atoms with Crippen LogP contribution in [0.2, 0.25) is 5.02 Å². The smallest absolute Gasteiger partial charge is 0.195 e. The lowest BCUT2D eigenvalue weighted by Crippen LogP contribution is -1.99. The second kappa shape index (κ2) is 9.22. The van der Waals surface area contributed by atoms with Gasteiger partial charge >= 0.3 is 0 Å². The van der Waals surface area contributed by atoms with Gasteiger partial charge in [-0.3, -0.25) is 4.79 Å². The number of halogens is 2.